The van der Waals surface area contributed by atoms with Crippen LogP contribution in [-0.4, -0.2) is 18.3 Å². The maximum atomic E-state index is 15.2. The van der Waals surface area contributed by atoms with Crippen LogP contribution in [0.2, 0.25) is 0 Å². The van der Waals surface area contributed by atoms with E-state index in [1.54, 1.807) is 36.4 Å². The summed E-state index contributed by atoms with van der Waals surface area (Å²) in [7, 11) is 0. The van der Waals surface area contributed by atoms with Gasteiger partial charge >= 0.3 is 0 Å². The van der Waals surface area contributed by atoms with Crippen LogP contribution in [0.3, 0.4) is 0 Å². The maximum absolute atomic E-state index is 15.2. The van der Waals surface area contributed by atoms with Gasteiger partial charge in [0.2, 0.25) is 0 Å². The zero-order chi connectivity index (χ0) is 26.0. The van der Waals surface area contributed by atoms with Crippen LogP contribution in [0.5, 0.6) is 5.75 Å². The molecule has 0 aliphatic heterocycles. The average molecular weight is 513 g/mol. The minimum Gasteiger partial charge on any atom is -0.494 e. The first-order chi connectivity index (χ1) is 18.1. The van der Waals surface area contributed by atoms with Gasteiger partial charge < -0.3 is 9.84 Å². The predicted molar refractivity (Wildman–Crippen MR) is 148 cm³/mol. The highest BCUT2D eigenvalue weighted by Crippen LogP contribution is 2.45. The monoisotopic (exact) mass is 512 g/mol. The summed E-state index contributed by atoms with van der Waals surface area (Å²) < 4.78 is 36.1. The third-order valence-electron chi connectivity index (χ3n) is 9.03. The fourth-order valence-electron chi connectivity index (χ4n) is 6.86. The van der Waals surface area contributed by atoms with Crippen LogP contribution in [-0.2, 0) is 0 Å². The van der Waals surface area contributed by atoms with Crippen LogP contribution < -0.4 is 4.74 Å². The lowest BCUT2D eigenvalue weighted by Gasteiger charge is -2.38. The van der Waals surface area contributed by atoms with E-state index in [-0.39, 0.29) is 18.1 Å². The Bertz CT molecular complexity index is 918. The molecule has 0 spiro atoms. The molecule has 2 fully saturated rings. The van der Waals surface area contributed by atoms with Crippen molar-refractivity contribution in [1.29, 1.82) is 0 Å². The molecule has 2 saturated carbocycles. The Morgan fingerprint density at radius 3 is 1.97 bits per heavy atom. The van der Waals surface area contributed by atoms with Crippen LogP contribution in [0, 0.1) is 29.4 Å². The minimum atomic E-state index is -0.469. The van der Waals surface area contributed by atoms with Crippen LogP contribution in [0.15, 0.2) is 36.4 Å². The molecule has 1 N–H and O–H groups in total. The van der Waals surface area contributed by atoms with E-state index in [1.807, 2.05) is 0 Å². The van der Waals surface area contributed by atoms with Crippen LogP contribution in [0.4, 0.5) is 8.78 Å². The number of aliphatic hydroxyl groups excluding tert-OH is 1. The van der Waals surface area contributed by atoms with E-state index < -0.39 is 11.6 Å². The molecule has 0 saturated heterocycles. The van der Waals surface area contributed by atoms with Crippen molar-refractivity contribution in [3.05, 3.63) is 53.6 Å². The van der Waals surface area contributed by atoms with Gasteiger partial charge in [0.05, 0.1) is 12.2 Å². The lowest BCUT2D eigenvalue weighted by molar-refractivity contribution is 0.156. The lowest BCUT2D eigenvalue weighted by atomic mass is 9.68. The van der Waals surface area contributed by atoms with Crippen molar-refractivity contribution in [2.75, 3.05) is 13.2 Å². The van der Waals surface area contributed by atoms with Gasteiger partial charge in [0.25, 0.3) is 0 Å². The number of unbranched alkanes of at least 4 members (excludes halogenated alkanes) is 3. The summed E-state index contributed by atoms with van der Waals surface area (Å²) in [4.78, 5) is 0. The van der Waals surface area contributed by atoms with Crippen molar-refractivity contribution in [3.63, 3.8) is 0 Å². The molecule has 0 unspecified atom stereocenters. The van der Waals surface area contributed by atoms with E-state index in [0.29, 0.717) is 17.9 Å². The summed E-state index contributed by atoms with van der Waals surface area (Å²) in [6.07, 6.45) is 16.5. The second-order valence-corrected chi connectivity index (χ2v) is 11.6. The van der Waals surface area contributed by atoms with Crippen molar-refractivity contribution in [2.24, 2.45) is 17.8 Å². The van der Waals surface area contributed by atoms with Gasteiger partial charge in [0, 0.05) is 6.61 Å². The molecule has 2 aliphatic carbocycles. The van der Waals surface area contributed by atoms with E-state index in [0.717, 1.165) is 61.8 Å². The topological polar surface area (TPSA) is 29.5 Å². The Kier molecular flexibility index (Phi) is 10.8. The van der Waals surface area contributed by atoms with Gasteiger partial charge in [-0.15, -0.1) is 0 Å². The molecule has 0 amide bonds. The first-order valence-corrected chi connectivity index (χ1v) is 14.9. The second-order valence-electron chi connectivity index (χ2n) is 11.6. The number of hydrogen-bond acceptors (Lipinski definition) is 2. The van der Waals surface area contributed by atoms with Crippen molar-refractivity contribution in [2.45, 2.75) is 103 Å². The SMILES string of the molecule is CCCC1CCC(C2CCC(c3cc(F)c(-c4ccc(OCCCCCCO)cc4)c(F)c3)CC2)CC1. The lowest BCUT2D eigenvalue weighted by Crippen LogP contribution is -2.25. The molecule has 2 aromatic rings. The molecule has 0 aromatic heterocycles. The summed E-state index contributed by atoms with van der Waals surface area (Å²) in [5, 5.41) is 8.83. The Morgan fingerprint density at radius 2 is 1.38 bits per heavy atom. The normalized spacial score (nSPS) is 24.2. The summed E-state index contributed by atoms with van der Waals surface area (Å²) in [5.41, 5.74) is 1.42. The molecule has 204 valence electrons. The first kappa shape index (κ1) is 28.1. The molecule has 0 radical (unpaired) electrons. The zero-order valence-corrected chi connectivity index (χ0v) is 22.7. The number of aliphatic hydroxyl groups is 1. The van der Waals surface area contributed by atoms with Gasteiger partial charge in [0.15, 0.2) is 0 Å². The van der Waals surface area contributed by atoms with E-state index in [4.69, 9.17) is 9.84 Å². The van der Waals surface area contributed by atoms with Gasteiger partial charge in [-0.05, 0) is 117 Å². The zero-order valence-electron chi connectivity index (χ0n) is 22.7. The fraction of sp³-hybridized carbons (Fsp3) is 0.636. The molecule has 0 heterocycles. The highest BCUT2D eigenvalue weighted by molar-refractivity contribution is 5.66. The second kappa shape index (κ2) is 14.3. The molecular weight excluding hydrogens is 466 g/mol. The van der Waals surface area contributed by atoms with Gasteiger partial charge in [0.1, 0.15) is 17.4 Å². The van der Waals surface area contributed by atoms with Crippen LogP contribution >= 0.6 is 0 Å². The molecule has 2 aromatic carbocycles. The number of benzene rings is 2. The standard InChI is InChI=1S/C33H46F2O2/c1-2-7-24-8-10-25(11-9-24)26-12-14-27(15-13-26)29-22-31(34)33(32(35)23-29)28-16-18-30(19-17-28)37-21-6-4-3-5-20-36/h16-19,22-27,36H,2-15,20-21H2,1H3. The Hall–Kier alpha value is -1.94. The van der Waals surface area contributed by atoms with Gasteiger partial charge in [-0.1, -0.05) is 51.2 Å². The maximum Gasteiger partial charge on any atom is 0.134 e. The smallest absolute Gasteiger partial charge is 0.134 e. The molecule has 2 nitrogen and oxygen atoms in total. The minimum absolute atomic E-state index is 0.0526. The molecule has 0 atom stereocenters. The van der Waals surface area contributed by atoms with E-state index >= 15 is 8.78 Å². The van der Waals surface area contributed by atoms with E-state index in [9.17, 15) is 0 Å². The highest BCUT2D eigenvalue weighted by atomic mass is 19.1. The fourth-order valence-corrected chi connectivity index (χ4v) is 6.86. The van der Waals surface area contributed by atoms with Gasteiger partial charge in [-0.3, -0.25) is 0 Å². The van der Waals surface area contributed by atoms with Gasteiger partial charge in [-0.25, -0.2) is 8.78 Å². The number of halogens is 2. The third kappa shape index (κ3) is 7.78. The Labute approximate surface area is 222 Å². The number of rotatable bonds is 12. The van der Waals surface area contributed by atoms with Crippen molar-refractivity contribution >= 4 is 0 Å². The van der Waals surface area contributed by atoms with Crippen LogP contribution in [0.25, 0.3) is 11.1 Å². The summed E-state index contributed by atoms with van der Waals surface area (Å²) in [5.74, 6) is 2.64. The predicted octanol–water partition coefficient (Wildman–Crippen LogP) is 9.44. The summed E-state index contributed by atoms with van der Waals surface area (Å²) in [6, 6.07) is 10.2. The summed E-state index contributed by atoms with van der Waals surface area (Å²) >= 11 is 0. The van der Waals surface area contributed by atoms with E-state index in [2.05, 4.69) is 6.92 Å². The molecule has 2 aliphatic rings. The highest BCUT2D eigenvalue weighted by Gasteiger charge is 2.31. The Balaban J connectivity index is 1.29. The first-order valence-electron chi connectivity index (χ1n) is 14.9. The van der Waals surface area contributed by atoms with Crippen molar-refractivity contribution in [1.82, 2.24) is 0 Å². The molecule has 4 rings (SSSR count). The molecule has 37 heavy (non-hydrogen) atoms. The third-order valence-corrected chi connectivity index (χ3v) is 9.03. The van der Waals surface area contributed by atoms with E-state index in [1.165, 1.54) is 51.4 Å². The number of ether oxygens (including phenoxy) is 1. The molecular formula is C33H46F2O2. The van der Waals surface area contributed by atoms with Crippen molar-refractivity contribution < 1.29 is 18.6 Å². The summed E-state index contributed by atoms with van der Waals surface area (Å²) in [6.45, 7) is 3.13. The Morgan fingerprint density at radius 1 is 0.784 bits per heavy atom. The molecule has 4 heteroatoms. The van der Waals surface area contributed by atoms with Crippen LogP contribution in [0.1, 0.15) is 108 Å². The van der Waals surface area contributed by atoms with Gasteiger partial charge in [-0.2, -0.15) is 0 Å². The number of hydrogen-bond donors (Lipinski definition) is 1. The molecule has 0 bridgehead atoms. The average Bonchev–Trinajstić information content (AvgIpc) is 2.92. The quantitative estimate of drug-likeness (QED) is 0.287. The largest absolute Gasteiger partial charge is 0.494 e. The van der Waals surface area contributed by atoms with Crippen molar-refractivity contribution in [3.8, 4) is 16.9 Å².